The topological polar surface area (TPSA) is 128 Å². The Labute approximate surface area is 203 Å². The molecule has 0 amide bonds. The van der Waals surface area contributed by atoms with E-state index in [9.17, 15) is 8.42 Å². The van der Waals surface area contributed by atoms with E-state index in [4.69, 9.17) is 5.26 Å². The first-order valence-electron chi connectivity index (χ1n) is 10.7. The smallest absolute Gasteiger partial charge is 0.269 e. The summed E-state index contributed by atoms with van der Waals surface area (Å²) in [7, 11) is -0.00904. The molecule has 0 spiro atoms. The van der Waals surface area contributed by atoms with Crippen LogP contribution in [0.25, 0.3) is 10.8 Å². The standard InChI is InChI=1S/C24H24N8O2S/c1-31(2)22-7-3-6-21-20(22)5-4-8-23(21)35(33,34)32-15-19(29-17-32)11-14-27-24(28-16-25)30-18-9-12-26-13-10-18/h3-10,12-13,15,17H,11,14H2,1-2H3,(H2,26,27,28,30). The molecule has 0 bridgehead atoms. The molecule has 35 heavy (non-hydrogen) atoms. The number of fused-ring (bicyclic) bond motifs is 1. The van der Waals surface area contributed by atoms with Crippen molar-refractivity contribution in [2.45, 2.75) is 11.3 Å². The molecule has 0 radical (unpaired) electrons. The highest BCUT2D eigenvalue weighted by Crippen LogP contribution is 2.31. The normalized spacial score (nSPS) is 11.7. The maximum absolute atomic E-state index is 13.4. The fraction of sp³-hybridized carbons (Fsp3) is 0.167. The third-order valence-electron chi connectivity index (χ3n) is 5.27. The summed E-state index contributed by atoms with van der Waals surface area (Å²) in [5.41, 5.74) is 2.22. The summed E-state index contributed by atoms with van der Waals surface area (Å²) in [4.78, 5) is 14.7. The van der Waals surface area contributed by atoms with E-state index in [0.29, 0.717) is 24.0 Å². The van der Waals surface area contributed by atoms with E-state index < -0.39 is 10.0 Å². The number of imidazole rings is 1. The minimum Gasteiger partial charge on any atom is -0.377 e. The second-order valence-electron chi connectivity index (χ2n) is 7.80. The minimum absolute atomic E-state index is 0.211. The first-order valence-corrected chi connectivity index (χ1v) is 12.2. The molecule has 2 N–H and O–H groups in total. The van der Waals surface area contributed by atoms with Gasteiger partial charge in [0, 0.05) is 67.8 Å². The molecule has 0 atom stereocenters. The van der Waals surface area contributed by atoms with E-state index in [1.165, 1.54) is 12.5 Å². The lowest BCUT2D eigenvalue weighted by Gasteiger charge is -2.17. The zero-order chi connectivity index (χ0) is 24.8. The van der Waals surface area contributed by atoms with Crippen LogP contribution in [0.1, 0.15) is 5.69 Å². The van der Waals surface area contributed by atoms with Crippen molar-refractivity contribution in [2.75, 3.05) is 30.9 Å². The van der Waals surface area contributed by atoms with Crippen LogP contribution in [0, 0.1) is 11.5 Å². The zero-order valence-corrected chi connectivity index (χ0v) is 20.1. The summed E-state index contributed by atoms with van der Waals surface area (Å²) < 4.78 is 28.0. The molecule has 0 aliphatic heterocycles. The minimum atomic E-state index is -3.85. The quantitative estimate of drug-likeness (QED) is 0.176. The van der Waals surface area contributed by atoms with Gasteiger partial charge in [-0.2, -0.15) is 5.26 Å². The van der Waals surface area contributed by atoms with Crippen LogP contribution >= 0.6 is 0 Å². The van der Waals surface area contributed by atoms with Gasteiger partial charge in [0.25, 0.3) is 10.0 Å². The van der Waals surface area contributed by atoms with Gasteiger partial charge in [-0.15, -0.1) is 0 Å². The van der Waals surface area contributed by atoms with E-state index in [1.54, 1.807) is 42.7 Å². The number of pyridine rings is 1. The van der Waals surface area contributed by atoms with Crippen molar-refractivity contribution in [3.05, 3.63) is 79.1 Å². The zero-order valence-electron chi connectivity index (χ0n) is 19.3. The van der Waals surface area contributed by atoms with Crippen LogP contribution in [-0.2, 0) is 16.4 Å². The maximum atomic E-state index is 13.4. The largest absolute Gasteiger partial charge is 0.377 e. The fourth-order valence-electron chi connectivity index (χ4n) is 3.62. The predicted molar refractivity (Wildman–Crippen MR) is 136 cm³/mol. The van der Waals surface area contributed by atoms with Gasteiger partial charge in [0.05, 0.1) is 10.6 Å². The first-order chi connectivity index (χ1) is 16.9. The Kier molecular flexibility index (Phi) is 6.93. The van der Waals surface area contributed by atoms with Gasteiger partial charge in [-0.05, 0) is 24.3 Å². The van der Waals surface area contributed by atoms with Crippen molar-refractivity contribution in [3.8, 4) is 6.19 Å². The molecule has 178 valence electrons. The second-order valence-corrected chi connectivity index (χ2v) is 9.61. The van der Waals surface area contributed by atoms with Crippen molar-refractivity contribution >= 4 is 38.1 Å². The van der Waals surface area contributed by atoms with Crippen molar-refractivity contribution in [1.82, 2.24) is 19.3 Å². The molecular weight excluding hydrogens is 464 g/mol. The molecular formula is C24H24N8O2S. The summed E-state index contributed by atoms with van der Waals surface area (Å²) in [5, 5.41) is 16.0. The number of rotatable bonds is 7. The predicted octanol–water partition coefficient (Wildman–Crippen LogP) is 2.82. The van der Waals surface area contributed by atoms with E-state index in [2.05, 4.69) is 25.6 Å². The molecule has 2 aromatic carbocycles. The SMILES string of the molecule is CN(C)c1cccc2c(S(=O)(=O)n3cnc(CCN=C(NC#N)Nc4ccncc4)c3)cccc12. The highest BCUT2D eigenvalue weighted by Gasteiger charge is 2.21. The molecule has 0 saturated heterocycles. The van der Waals surface area contributed by atoms with Crippen molar-refractivity contribution in [2.24, 2.45) is 4.99 Å². The Morgan fingerprint density at radius 2 is 1.86 bits per heavy atom. The van der Waals surface area contributed by atoms with E-state index >= 15 is 0 Å². The second kappa shape index (κ2) is 10.2. The molecule has 0 unspecified atom stereocenters. The van der Waals surface area contributed by atoms with Crippen LogP contribution in [0.15, 0.2) is 83.3 Å². The summed E-state index contributed by atoms with van der Waals surface area (Å²) in [6, 6.07) is 14.4. The molecule has 2 aromatic heterocycles. The molecule has 0 saturated carbocycles. The highest BCUT2D eigenvalue weighted by molar-refractivity contribution is 7.90. The van der Waals surface area contributed by atoms with Crippen LogP contribution in [0.4, 0.5) is 11.4 Å². The average molecular weight is 489 g/mol. The average Bonchev–Trinajstić information content (AvgIpc) is 3.34. The third kappa shape index (κ3) is 5.23. The maximum Gasteiger partial charge on any atom is 0.269 e. The van der Waals surface area contributed by atoms with Gasteiger partial charge in [0.15, 0.2) is 6.19 Å². The number of benzene rings is 2. The molecule has 2 heterocycles. The van der Waals surface area contributed by atoms with E-state index in [0.717, 1.165) is 20.7 Å². The number of nitrogens with one attached hydrogen (secondary N) is 2. The first kappa shape index (κ1) is 23.7. The number of hydrogen-bond acceptors (Lipinski definition) is 7. The molecule has 4 aromatic rings. The van der Waals surface area contributed by atoms with Crippen LogP contribution in [0.5, 0.6) is 0 Å². The number of nitrogens with zero attached hydrogens (tertiary/aromatic N) is 6. The Balaban J connectivity index is 1.54. The molecule has 4 rings (SSSR count). The van der Waals surface area contributed by atoms with E-state index in [-0.39, 0.29) is 10.9 Å². The number of hydrogen-bond donors (Lipinski definition) is 2. The van der Waals surface area contributed by atoms with Crippen LogP contribution in [0.3, 0.4) is 0 Å². The molecule has 0 aliphatic rings. The fourth-order valence-corrected chi connectivity index (χ4v) is 4.98. The summed E-state index contributed by atoms with van der Waals surface area (Å²) in [5.74, 6) is 0.276. The Morgan fingerprint density at radius 3 is 2.60 bits per heavy atom. The van der Waals surface area contributed by atoms with Gasteiger partial charge in [-0.25, -0.2) is 17.4 Å². The number of guanidine groups is 1. The monoisotopic (exact) mass is 488 g/mol. The van der Waals surface area contributed by atoms with Crippen molar-refractivity contribution in [1.29, 1.82) is 5.26 Å². The molecule has 10 nitrogen and oxygen atoms in total. The number of aromatic nitrogens is 3. The van der Waals surface area contributed by atoms with Gasteiger partial charge in [-0.3, -0.25) is 15.3 Å². The Hall–Kier alpha value is -4.43. The third-order valence-corrected chi connectivity index (χ3v) is 6.93. The lowest BCUT2D eigenvalue weighted by atomic mass is 10.1. The number of aliphatic imine (C=N–C) groups is 1. The summed E-state index contributed by atoms with van der Waals surface area (Å²) in [6.07, 6.45) is 8.26. The van der Waals surface area contributed by atoms with Gasteiger partial charge >= 0.3 is 0 Å². The molecule has 0 fully saturated rings. The van der Waals surface area contributed by atoms with Crippen molar-refractivity contribution in [3.63, 3.8) is 0 Å². The van der Waals surface area contributed by atoms with Crippen LogP contribution in [-0.4, -0.2) is 49.0 Å². The van der Waals surface area contributed by atoms with Gasteiger partial charge in [0.1, 0.15) is 6.33 Å². The number of nitriles is 1. The molecule has 0 aliphatic carbocycles. The van der Waals surface area contributed by atoms with Gasteiger partial charge in [-0.1, -0.05) is 24.3 Å². The Bertz CT molecular complexity index is 1510. The summed E-state index contributed by atoms with van der Waals surface area (Å²) in [6.45, 7) is 0.291. The van der Waals surface area contributed by atoms with Crippen LogP contribution < -0.4 is 15.5 Å². The lowest BCUT2D eigenvalue weighted by Crippen LogP contribution is -2.27. The van der Waals surface area contributed by atoms with Crippen molar-refractivity contribution < 1.29 is 8.42 Å². The van der Waals surface area contributed by atoms with Gasteiger partial charge in [0.2, 0.25) is 5.96 Å². The van der Waals surface area contributed by atoms with E-state index in [1.807, 2.05) is 43.4 Å². The Morgan fingerprint density at radius 1 is 1.11 bits per heavy atom. The summed E-state index contributed by atoms with van der Waals surface area (Å²) >= 11 is 0. The van der Waals surface area contributed by atoms with Gasteiger partial charge < -0.3 is 10.2 Å². The van der Waals surface area contributed by atoms with Crippen LogP contribution in [0.2, 0.25) is 0 Å². The lowest BCUT2D eigenvalue weighted by molar-refractivity contribution is 0.588. The highest BCUT2D eigenvalue weighted by atomic mass is 32.2. The molecule has 11 heteroatoms. The number of anilines is 2.